The number of carbonyl (C=O) groups is 1. The van der Waals surface area contributed by atoms with Crippen molar-refractivity contribution in [2.75, 3.05) is 7.11 Å². The fourth-order valence-electron chi connectivity index (χ4n) is 1.36. The van der Waals surface area contributed by atoms with Crippen LogP contribution in [-0.4, -0.2) is 19.1 Å². The van der Waals surface area contributed by atoms with E-state index in [1.54, 1.807) is 6.07 Å². The number of carbonyl (C=O) groups excluding carboxylic acids is 1. The first-order valence-electron chi connectivity index (χ1n) is 4.63. The summed E-state index contributed by atoms with van der Waals surface area (Å²) >= 11 is 5.82. The zero-order valence-electron chi connectivity index (χ0n) is 8.79. The highest BCUT2D eigenvalue weighted by atomic mass is 35.5. The molecule has 0 aliphatic heterocycles. The van der Waals surface area contributed by atoms with E-state index in [1.807, 2.05) is 19.1 Å². The van der Waals surface area contributed by atoms with Gasteiger partial charge in [0.25, 0.3) is 0 Å². The molecular formula is C11H14ClNO2. The first-order valence-corrected chi connectivity index (χ1v) is 5.01. The molecule has 0 saturated carbocycles. The average molecular weight is 228 g/mol. The van der Waals surface area contributed by atoms with Crippen LogP contribution in [0, 0.1) is 6.92 Å². The van der Waals surface area contributed by atoms with Crippen molar-refractivity contribution in [1.29, 1.82) is 0 Å². The van der Waals surface area contributed by atoms with Crippen molar-refractivity contribution in [3.63, 3.8) is 0 Å². The Bertz CT molecular complexity index is 366. The summed E-state index contributed by atoms with van der Waals surface area (Å²) in [5.41, 5.74) is 7.70. The predicted octanol–water partition coefficient (Wildman–Crippen LogP) is 1.69. The molecule has 0 fully saturated rings. The Morgan fingerprint density at radius 3 is 2.80 bits per heavy atom. The third-order valence-corrected chi connectivity index (χ3v) is 2.48. The molecule has 0 saturated heterocycles. The van der Waals surface area contributed by atoms with Gasteiger partial charge in [-0.25, -0.2) is 0 Å². The molecule has 3 nitrogen and oxygen atoms in total. The Morgan fingerprint density at radius 1 is 1.60 bits per heavy atom. The van der Waals surface area contributed by atoms with Gasteiger partial charge in [-0.15, -0.1) is 0 Å². The van der Waals surface area contributed by atoms with E-state index in [2.05, 4.69) is 4.74 Å². The molecule has 1 unspecified atom stereocenters. The normalized spacial score (nSPS) is 12.3. The van der Waals surface area contributed by atoms with Crippen LogP contribution in [0.25, 0.3) is 0 Å². The number of halogens is 1. The minimum absolute atomic E-state index is 0.399. The van der Waals surface area contributed by atoms with Crippen molar-refractivity contribution in [2.24, 2.45) is 5.73 Å². The lowest BCUT2D eigenvalue weighted by Gasteiger charge is -2.11. The molecule has 0 amide bonds. The second-order valence-corrected chi connectivity index (χ2v) is 3.84. The van der Waals surface area contributed by atoms with Crippen molar-refractivity contribution in [1.82, 2.24) is 0 Å². The minimum atomic E-state index is -0.616. The number of benzene rings is 1. The molecule has 1 rings (SSSR count). The summed E-state index contributed by atoms with van der Waals surface area (Å²) in [6.07, 6.45) is 0.468. The van der Waals surface area contributed by atoms with Crippen molar-refractivity contribution >= 4 is 17.6 Å². The van der Waals surface area contributed by atoms with Crippen LogP contribution in [0.3, 0.4) is 0 Å². The number of ether oxygens (including phenoxy) is 1. The maximum Gasteiger partial charge on any atom is 0.322 e. The summed E-state index contributed by atoms with van der Waals surface area (Å²) in [5, 5.41) is 0.683. The molecule has 1 atom stereocenters. The first kappa shape index (κ1) is 12.0. The molecule has 4 heteroatoms. The lowest BCUT2D eigenvalue weighted by Crippen LogP contribution is -2.33. The number of methoxy groups -OCH3 is 1. The number of hydrogen-bond acceptors (Lipinski definition) is 3. The van der Waals surface area contributed by atoms with E-state index < -0.39 is 12.0 Å². The van der Waals surface area contributed by atoms with Gasteiger partial charge in [-0.1, -0.05) is 17.7 Å². The largest absolute Gasteiger partial charge is 0.468 e. The van der Waals surface area contributed by atoms with Crippen LogP contribution in [0.2, 0.25) is 5.02 Å². The second-order valence-electron chi connectivity index (χ2n) is 3.40. The van der Waals surface area contributed by atoms with E-state index in [4.69, 9.17) is 17.3 Å². The molecule has 1 aromatic rings. The van der Waals surface area contributed by atoms with Gasteiger partial charge < -0.3 is 10.5 Å². The summed E-state index contributed by atoms with van der Waals surface area (Å²) in [7, 11) is 1.33. The fraction of sp³-hybridized carbons (Fsp3) is 0.364. The summed E-state index contributed by atoms with van der Waals surface area (Å²) < 4.78 is 4.56. The van der Waals surface area contributed by atoms with Gasteiger partial charge in [-0.2, -0.15) is 0 Å². The highest BCUT2D eigenvalue weighted by Crippen LogP contribution is 2.16. The lowest BCUT2D eigenvalue weighted by molar-refractivity contribution is -0.142. The maximum absolute atomic E-state index is 11.1. The highest BCUT2D eigenvalue weighted by molar-refractivity contribution is 6.30. The van der Waals surface area contributed by atoms with Gasteiger partial charge in [0, 0.05) is 5.02 Å². The van der Waals surface area contributed by atoms with Crippen LogP contribution < -0.4 is 5.73 Å². The Hall–Kier alpha value is -1.06. The van der Waals surface area contributed by atoms with Crippen molar-refractivity contribution in [3.8, 4) is 0 Å². The molecule has 82 valence electrons. The first-order chi connectivity index (χ1) is 7.04. The number of aryl methyl sites for hydroxylation is 1. The molecule has 2 N–H and O–H groups in total. The molecule has 0 bridgehead atoms. The van der Waals surface area contributed by atoms with E-state index in [1.165, 1.54) is 7.11 Å². The zero-order valence-corrected chi connectivity index (χ0v) is 9.54. The Balaban J connectivity index is 2.76. The van der Waals surface area contributed by atoms with Crippen LogP contribution in [-0.2, 0) is 16.0 Å². The van der Waals surface area contributed by atoms with Crippen molar-refractivity contribution in [3.05, 3.63) is 34.3 Å². The SMILES string of the molecule is COC(=O)C(N)Cc1ccc(Cl)cc1C. The van der Waals surface area contributed by atoms with Gasteiger partial charge in [0.1, 0.15) is 6.04 Å². The van der Waals surface area contributed by atoms with Crippen LogP contribution in [0.15, 0.2) is 18.2 Å². The highest BCUT2D eigenvalue weighted by Gasteiger charge is 2.15. The van der Waals surface area contributed by atoms with Gasteiger partial charge >= 0.3 is 5.97 Å². The Morgan fingerprint density at radius 2 is 2.27 bits per heavy atom. The van der Waals surface area contributed by atoms with Gasteiger partial charge in [0.2, 0.25) is 0 Å². The van der Waals surface area contributed by atoms with Crippen LogP contribution in [0.5, 0.6) is 0 Å². The van der Waals surface area contributed by atoms with Crippen molar-refractivity contribution < 1.29 is 9.53 Å². The van der Waals surface area contributed by atoms with E-state index in [0.29, 0.717) is 11.4 Å². The topological polar surface area (TPSA) is 52.3 Å². The third-order valence-electron chi connectivity index (χ3n) is 2.25. The van der Waals surface area contributed by atoms with Crippen LogP contribution in [0.4, 0.5) is 0 Å². The number of hydrogen-bond donors (Lipinski definition) is 1. The Kier molecular flexibility index (Phi) is 4.12. The lowest BCUT2D eigenvalue weighted by atomic mass is 10.0. The summed E-state index contributed by atoms with van der Waals surface area (Å²) in [6.45, 7) is 1.94. The maximum atomic E-state index is 11.1. The Labute approximate surface area is 94.2 Å². The average Bonchev–Trinajstić information content (AvgIpc) is 2.20. The van der Waals surface area contributed by atoms with Gasteiger partial charge in [0.15, 0.2) is 0 Å². The molecule has 1 aromatic carbocycles. The van der Waals surface area contributed by atoms with E-state index in [-0.39, 0.29) is 0 Å². The third kappa shape index (κ3) is 3.22. The number of nitrogens with two attached hydrogens (primary N) is 1. The monoisotopic (exact) mass is 227 g/mol. The smallest absolute Gasteiger partial charge is 0.322 e. The summed E-state index contributed by atoms with van der Waals surface area (Å²) in [6, 6.07) is 4.89. The van der Waals surface area contributed by atoms with Crippen molar-refractivity contribution in [2.45, 2.75) is 19.4 Å². The molecular weight excluding hydrogens is 214 g/mol. The van der Waals surface area contributed by atoms with Gasteiger partial charge in [0.05, 0.1) is 7.11 Å². The van der Waals surface area contributed by atoms with E-state index in [9.17, 15) is 4.79 Å². The molecule has 0 aliphatic rings. The van der Waals surface area contributed by atoms with Gasteiger partial charge in [-0.3, -0.25) is 4.79 Å². The summed E-state index contributed by atoms with van der Waals surface area (Å²) in [4.78, 5) is 11.1. The molecule has 0 heterocycles. The molecule has 15 heavy (non-hydrogen) atoms. The minimum Gasteiger partial charge on any atom is -0.468 e. The quantitative estimate of drug-likeness (QED) is 0.800. The van der Waals surface area contributed by atoms with Crippen LogP contribution >= 0.6 is 11.6 Å². The molecule has 0 radical (unpaired) electrons. The second kappa shape index (κ2) is 5.14. The number of rotatable bonds is 3. The molecule has 0 aromatic heterocycles. The summed E-state index contributed by atoms with van der Waals surface area (Å²) in [5.74, 6) is -0.399. The predicted molar refractivity (Wildman–Crippen MR) is 59.9 cm³/mol. The molecule has 0 spiro atoms. The zero-order chi connectivity index (χ0) is 11.4. The fourth-order valence-corrected chi connectivity index (χ4v) is 1.59. The van der Waals surface area contributed by atoms with Gasteiger partial charge in [-0.05, 0) is 36.6 Å². The molecule has 0 aliphatic carbocycles. The van der Waals surface area contributed by atoms with Crippen LogP contribution in [0.1, 0.15) is 11.1 Å². The number of esters is 1. The standard InChI is InChI=1S/C11H14ClNO2/c1-7-5-9(12)4-3-8(7)6-10(13)11(14)15-2/h3-5,10H,6,13H2,1-2H3. The van der Waals surface area contributed by atoms with E-state index >= 15 is 0 Å². The van der Waals surface area contributed by atoms with E-state index in [0.717, 1.165) is 11.1 Å².